The van der Waals surface area contributed by atoms with E-state index < -0.39 is 5.97 Å². The van der Waals surface area contributed by atoms with Gasteiger partial charge in [0.1, 0.15) is 18.1 Å². The lowest BCUT2D eigenvalue weighted by Gasteiger charge is -2.13. The van der Waals surface area contributed by atoms with Crippen LogP contribution in [0.15, 0.2) is 47.1 Å². The van der Waals surface area contributed by atoms with Gasteiger partial charge in [-0.15, -0.1) is 0 Å². The first-order valence-electron chi connectivity index (χ1n) is 6.87. The lowest BCUT2D eigenvalue weighted by Crippen LogP contribution is -2.31. The van der Waals surface area contributed by atoms with Gasteiger partial charge in [0.15, 0.2) is 0 Å². The molecule has 0 saturated heterocycles. The maximum absolute atomic E-state index is 10.8. The molecule has 0 saturated carbocycles. The minimum Gasteiger partial charge on any atom is -0.492 e. The molecular formula is C16H19NO4. The number of carboxylic acids is 1. The van der Waals surface area contributed by atoms with Crippen LogP contribution in [-0.2, 0) is 6.42 Å². The van der Waals surface area contributed by atoms with Crippen LogP contribution in [0.25, 0.3) is 0 Å². The Balaban J connectivity index is 1.69. The smallest absolute Gasteiger partial charge is 0.335 e. The molecule has 1 atom stereocenters. The summed E-state index contributed by atoms with van der Waals surface area (Å²) in [5, 5.41) is 12.2. The number of aromatic carboxylic acids is 1. The largest absolute Gasteiger partial charge is 0.492 e. The van der Waals surface area contributed by atoms with Crippen LogP contribution in [0, 0.1) is 0 Å². The van der Waals surface area contributed by atoms with Gasteiger partial charge < -0.3 is 19.6 Å². The molecule has 0 aliphatic rings. The van der Waals surface area contributed by atoms with Gasteiger partial charge in [0.2, 0.25) is 0 Å². The van der Waals surface area contributed by atoms with Crippen LogP contribution in [0.2, 0.25) is 0 Å². The van der Waals surface area contributed by atoms with Crippen molar-refractivity contribution >= 4 is 5.97 Å². The first-order valence-corrected chi connectivity index (χ1v) is 6.87. The quantitative estimate of drug-likeness (QED) is 0.731. The molecule has 0 bridgehead atoms. The Hall–Kier alpha value is -2.27. The fraction of sp³-hybridized carbons (Fsp3) is 0.312. The predicted octanol–water partition coefficient (Wildman–Crippen LogP) is 2.58. The zero-order chi connectivity index (χ0) is 15.1. The molecule has 0 aliphatic heterocycles. The summed E-state index contributed by atoms with van der Waals surface area (Å²) in [7, 11) is 0. The summed E-state index contributed by atoms with van der Waals surface area (Å²) < 4.78 is 10.8. The molecule has 2 N–H and O–H groups in total. The number of carboxylic acid groups (broad SMARTS) is 1. The van der Waals surface area contributed by atoms with Gasteiger partial charge in [-0.05, 0) is 37.3 Å². The molecule has 2 aromatic rings. The molecular weight excluding hydrogens is 270 g/mol. The van der Waals surface area contributed by atoms with Crippen molar-refractivity contribution in [1.82, 2.24) is 5.32 Å². The number of nitrogens with one attached hydrogen (secondary N) is 1. The summed E-state index contributed by atoms with van der Waals surface area (Å²) >= 11 is 0. The Morgan fingerprint density at radius 2 is 2.24 bits per heavy atom. The van der Waals surface area contributed by atoms with Crippen molar-refractivity contribution in [3.05, 3.63) is 54.0 Å². The molecule has 5 heteroatoms. The highest BCUT2D eigenvalue weighted by Gasteiger charge is 2.06. The molecule has 0 aliphatic carbocycles. The Morgan fingerprint density at radius 1 is 1.38 bits per heavy atom. The highest BCUT2D eigenvalue weighted by molar-refractivity contribution is 5.87. The molecule has 21 heavy (non-hydrogen) atoms. The van der Waals surface area contributed by atoms with E-state index in [0.29, 0.717) is 18.9 Å². The molecule has 1 aromatic carbocycles. The van der Waals surface area contributed by atoms with E-state index in [1.54, 1.807) is 24.5 Å². The van der Waals surface area contributed by atoms with Crippen molar-refractivity contribution in [2.75, 3.05) is 13.2 Å². The number of rotatable bonds is 8. The number of ether oxygens (including phenoxy) is 1. The maximum atomic E-state index is 10.8. The van der Waals surface area contributed by atoms with Crippen LogP contribution in [-0.4, -0.2) is 30.3 Å². The monoisotopic (exact) mass is 289 g/mol. The highest BCUT2D eigenvalue weighted by Crippen LogP contribution is 2.13. The normalized spacial score (nSPS) is 12.0. The summed E-state index contributed by atoms with van der Waals surface area (Å²) in [6.45, 7) is 3.23. The highest BCUT2D eigenvalue weighted by atomic mass is 16.5. The Labute approximate surface area is 123 Å². The summed E-state index contributed by atoms with van der Waals surface area (Å²) in [5.41, 5.74) is 0.228. The Kier molecular flexibility index (Phi) is 5.40. The van der Waals surface area contributed by atoms with E-state index in [0.717, 1.165) is 12.2 Å². The van der Waals surface area contributed by atoms with Gasteiger partial charge in [0.05, 0.1) is 11.8 Å². The van der Waals surface area contributed by atoms with E-state index in [2.05, 4.69) is 12.2 Å². The van der Waals surface area contributed by atoms with Crippen LogP contribution in [0.3, 0.4) is 0 Å². The third-order valence-corrected chi connectivity index (χ3v) is 3.03. The molecule has 0 spiro atoms. The van der Waals surface area contributed by atoms with Crippen LogP contribution in [0.4, 0.5) is 0 Å². The van der Waals surface area contributed by atoms with Crippen molar-refractivity contribution in [3.8, 4) is 5.75 Å². The second-order valence-electron chi connectivity index (χ2n) is 4.82. The molecule has 1 aromatic heterocycles. The van der Waals surface area contributed by atoms with E-state index in [4.69, 9.17) is 14.3 Å². The average Bonchev–Trinajstić information content (AvgIpc) is 2.97. The third kappa shape index (κ3) is 4.96. The summed E-state index contributed by atoms with van der Waals surface area (Å²) in [6, 6.07) is 10.6. The second-order valence-corrected chi connectivity index (χ2v) is 4.82. The Morgan fingerprint density at radius 3 is 2.95 bits per heavy atom. The number of carbonyl (C=O) groups is 1. The maximum Gasteiger partial charge on any atom is 0.335 e. The van der Waals surface area contributed by atoms with E-state index in [1.807, 2.05) is 12.1 Å². The van der Waals surface area contributed by atoms with Gasteiger partial charge in [-0.1, -0.05) is 6.07 Å². The first kappa shape index (κ1) is 15.1. The van der Waals surface area contributed by atoms with E-state index in [1.165, 1.54) is 6.07 Å². The van der Waals surface area contributed by atoms with E-state index in [9.17, 15) is 4.79 Å². The topological polar surface area (TPSA) is 71.7 Å². The second kappa shape index (κ2) is 7.50. The van der Waals surface area contributed by atoms with Crippen molar-refractivity contribution in [3.63, 3.8) is 0 Å². The lowest BCUT2D eigenvalue weighted by atomic mass is 10.2. The third-order valence-electron chi connectivity index (χ3n) is 3.03. The molecule has 1 unspecified atom stereocenters. The Bertz CT molecular complexity index is 565. The molecule has 0 amide bonds. The average molecular weight is 289 g/mol. The predicted molar refractivity (Wildman–Crippen MR) is 78.8 cm³/mol. The van der Waals surface area contributed by atoms with E-state index >= 15 is 0 Å². The van der Waals surface area contributed by atoms with Crippen LogP contribution in [0.1, 0.15) is 23.0 Å². The number of hydrogen-bond acceptors (Lipinski definition) is 4. The number of hydrogen-bond donors (Lipinski definition) is 2. The summed E-state index contributed by atoms with van der Waals surface area (Å²) in [5.74, 6) is 0.561. The van der Waals surface area contributed by atoms with Crippen molar-refractivity contribution in [2.45, 2.75) is 19.4 Å². The van der Waals surface area contributed by atoms with Crippen molar-refractivity contribution < 1.29 is 19.1 Å². The standard InChI is InChI=1S/C16H19NO4/c1-12(10-14-6-3-8-20-14)17-7-9-21-15-5-2-4-13(11-15)16(18)19/h2-6,8,11-12,17H,7,9-10H2,1H3,(H,18,19). The lowest BCUT2D eigenvalue weighted by molar-refractivity contribution is 0.0696. The summed E-state index contributed by atoms with van der Waals surface area (Å²) in [6.07, 6.45) is 2.49. The van der Waals surface area contributed by atoms with E-state index in [-0.39, 0.29) is 11.6 Å². The van der Waals surface area contributed by atoms with Crippen LogP contribution in [0.5, 0.6) is 5.75 Å². The SMILES string of the molecule is CC(Cc1ccco1)NCCOc1cccc(C(=O)O)c1. The fourth-order valence-electron chi connectivity index (χ4n) is 2.00. The zero-order valence-electron chi connectivity index (χ0n) is 11.9. The molecule has 0 radical (unpaired) electrons. The molecule has 1 heterocycles. The minimum atomic E-state index is -0.953. The first-order chi connectivity index (χ1) is 10.1. The molecule has 5 nitrogen and oxygen atoms in total. The van der Waals surface area contributed by atoms with Gasteiger partial charge >= 0.3 is 5.97 Å². The van der Waals surface area contributed by atoms with Crippen LogP contribution >= 0.6 is 0 Å². The molecule has 2 rings (SSSR count). The molecule has 112 valence electrons. The fourth-order valence-corrected chi connectivity index (χ4v) is 2.00. The van der Waals surface area contributed by atoms with Gasteiger partial charge in [-0.25, -0.2) is 4.79 Å². The minimum absolute atomic E-state index is 0.228. The van der Waals surface area contributed by atoms with Gasteiger partial charge in [-0.3, -0.25) is 0 Å². The van der Waals surface area contributed by atoms with Crippen molar-refractivity contribution in [2.24, 2.45) is 0 Å². The summed E-state index contributed by atoms with van der Waals surface area (Å²) in [4.78, 5) is 10.8. The van der Waals surface area contributed by atoms with Crippen LogP contribution < -0.4 is 10.1 Å². The van der Waals surface area contributed by atoms with Crippen molar-refractivity contribution in [1.29, 1.82) is 0 Å². The van der Waals surface area contributed by atoms with Gasteiger partial charge in [0.25, 0.3) is 0 Å². The zero-order valence-corrected chi connectivity index (χ0v) is 11.9. The molecule has 0 fully saturated rings. The number of benzene rings is 1. The van der Waals surface area contributed by atoms with Gasteiger partial charge in [-0.2, -0.15) is 0 Å². The number of furan rings is 1. The van der Waals surface area contributed by atoms with Gasteiger partial charge in [0, 0.05) is 19.0 Å².